The second-order valence-electron chi connectivity index (χ2n) is 14.2. The first-order valence-electron chi connectivity index (χ1n) is 18.2. The molecule has 2 heterocycles. The predicted molar refractivity (Wildman–Crippen MR) is 219 cm³/mol. The van der Waals surface area contributed by atoms with Crippen molar-refractivity contribution in [2.24, 2.45) is 0 Å². The van der Waals surface area contributed by atoms with Gasteiger partial charge in [-0.3, -0.25) is 0 Å². The van der Waals surface area contributed by atoms with E-state index in [1.165, 1.54) is 33.4 Å². The minimum absolute atomic E-state index is 0.389. The van der Waals surface area contributed by atoms with Gasteiger partial charge in [0.1, 0.15) is 16.7 Å². The van der Waals surface area contributed by atoms with Gasteiger partial charge in [0, 0.05) is 44.3 Å². The molecule has 3 nitrogen and oxygen atoms in total. The van der Waals surface area contributed by atoms with E-state index < -0.39 is 0 Å². The summed E-state index contributed by atoms with van der Waals surface area (Å²) in [6.45, 7) is 2.35. The Bertz CT molecular complexity index is 2980. The van der Waals surface area contributed by atoms with Crippen molar-refractivity contribution in [1.82, 2.24) is 0 Å². The minimum atomic E-state index is -0.389. The lowest BCUT2D eigenvalue weighted by Gasteiger charge is -2.28. The Labute approximate surface area is 307 Å². The Morgan fingerprint density at radius 2 is 0.962 bits per heavy atom. The van der Waals surface area contributed by atoms with Crippen molar-refractivity contribution in [1.29, 1.82) is 0 Å². The second kappa shape index (κ2) is 11.3. The minimum Gasteiger partial charge on any atom is -0.456 e. The van der Waals surface area contributed by atoms with Crippen LogP contribution in [0.5, 0.6) is 0 Å². The van der Waals surface area contributed by atoms with E-state index in [9.17, 15) is 0 Å². The van der Waals surface area contributed by atoms with Crippen LogP contribution in [0.15, 0.2) is 191 Å². The van der Waals surface area contributed by atoms with Crippen LogP contribution in [0.3, 0.4) is 0 Å². The molecule has 0 bridgehead atoms. The quantitative estimate of drug-likeness (QED) is 0.181. The van der Waals surface area contributed by atoms with Crippen LogP contribution in [-0.2, 0) is 5.41 Å². The van der Waals surface area contributed by atoms with Gasteiger partial charge in [0.2, 0.25) is 0 Å². The summed E-state index contributed by atoms with van der Waals surface area (Å²) in [5.41, 5.74) is 14.8. The van der Waals surface area contributed by atoms with Crippen molar-refractivity contribution in [3.63, 3.8) is 0 Å². The average Bonchev–Trinajstić information content (AvgIpc) is 3.87. The van der Waals surface area contributed by atoms with Gasteiger partial charge in [0.05, 0.1) is 11.4 Å². The summed E-state index contributed by atoms with van der Waals surface area (Å²) in [7, 11) is 0. The van der Waals surface area contributed by atoms with E-state index >= 15 is 0 Å². The number of rotatable bonds is 5. The topological polar surface area (TPSA) is 29.5 Å². The van der Waals surface area contributed by atoms with Crippen LogP contribution in [0.1, 0.15) is 23.6 Å². The largest absolute Gasteiger partial charge is 0.456 e. The van der Waals surface area contributed by atoms with Gasteiger partial charge in [-0.2, -0.15) is 0 Å². The molecular weight excluding hydrogens is 647 g/mol. The van der Waals surface area contributed by atoms with E-state index in [4.69, 9.17) is 8.83 Å². The van der Waals surface area contributed by atoms with Gasteiger partial charge in [-0.1, -0.05) is 140 Å². The van der Waals surface area contributed by atoms with Crippen molar-refractivity contribution in [3.8, 4) is 22.3 Å². The predicted octanol–water partition coefficient (Wildman–Crippen LogP) is 14.0. The lowest BCUT2D eigenvalue weighted by molar-refractivity contribution is 0.638. The Morgan fingerprint density at radius 3 is 1.74 bits per heavy atom. The first-order valence-corrected chi connectivity index (χ1v) is 18.2. The fourth-order valence-electron chi connectivity index (χ4n) is 8.83. The van der Waals surface area contributed by atoms with Crippen LogP contribution in [0.2, 0.25) is 0 Å². The molecule has 11 rings (SSSR count). The zero-order valence-electron chi connectivity index (χ0n) is 29.1. The highest BCUT2D eigenvalue weighted by Gasteiger charge is 2.42. The van der Waals surface area contributed by atoms with Crippen LogP contribution in [0.4, 0.5) is 17.1 Å². The van der Waals surface area contributed by atoms with Gasteiger partial charge in [-0.05, 0) is 76.7 Å². The van der Waals surface area contributed by atoms with E-state index in [1.54, 1.807) is 0 Å². The molecule has 0 fully saturated rings. The molecule has 3 heteroatoms. The van der Waals surface area contributed by atoms with E-state index in [0.29, 0.717) is 0 Å². The molecule has 0 N–H and O–H groups in total. The summed E-state index contributed by atoms with van der Waals surface area (Å²) >= 11 is 0. The van der Waals surface area contributed by atoms with E-state index in [1.807, 2.05) is 12.1 Å². The fraction of sp³-hybridized carbons (Fsp3) is 0.0400. The molecule has 1 aliphatic rings. The molecule has 0 atom stereocenters. The number of para-hydroxylation sites is 3. The van der Waals surface area contributed by atoms with Gasteiger partial charge in [-0.25, -0.2) is 0 Å². The summed E-state index contributed by atoms with van der Waals surface area (Å²) in [6, 6.07) is 64.8. The summed E-state index contributed by atoms with van der Waals surface area (Å²) in [5, 5.41) is 4.40. The van der Waals surface area contributed by atoms with Crippen molar-refractivity contribution >= 4 is 60.9 Å². The molecule has 8 aromatic carbocycles. The number of hydrogen-bond acceptors (Lipinski definition) is 3. The summed E-state index contributed by atoms with van der Waals surface area (Å²) < 4.78 is 13.6. The molecule has 250 valence electrons. The third kappa shape index (κ3) is 4.34. The average molecular weight is 680 g/mol. The highest BCUT2D eigenvalue weighted by Crippen LogP contribution is 2.54. The van der Waals surface area contributed by atoms with Gasteiger partial charge in [-0.15, -0.1) is 0 Å². The van der Waals surface area contributed by atoms with Gasteiger partial charge >= 0.3 is 0 Å². The van der Waals surface area contributed by atoms with E-state index in [0.717, 1.165) is 66.5 Å². The molecule has 0 unspecified atom stereocenters. The highest BCUT2D eigenvalue weighted by molar-refractivity contribution is 6.12. The summed E-state index contributed by atoms with van der Waals surface area (Å²) in [6.07, 6.45) is 0. The molecule has 0 amide bonds. The number of hydrogen-bond donors (Lipinski definition) is 0. The molecule has 53 heavy (non-hydrogen) atoms. The van der Waals surface area contributed by atoms with Crippen LogP contribution in [0.25, 0.3) is 66.1 Å². The highest BCUT2D eigenvalue weighted by atomic mass is 16.3. The van der Waals surface area contributed by atoms with Crippen molar-refractivity contribution < 1.29 is 8.83 Å². The molecule has 2 aromatic heterocycles. The van der Waals surface area contributed by atoms with Gasteiger partial charge in [0.25, 0.3) is 0 Å². The van der Waals surface area contributed by atoms with E-state index in [2.05, 4.69) is 182 Å². The van der Waals surface area contributed by atoms with Crippen molar-refractivity contribution in [2.45, 2.75) is 12.3 Å². The Balaban J connectivity index is 1.14. The number of nitrogens with zero attached hydrogens (tertiary/aromatic N) is 1. The maximum Gasteiger partial charge on any atom is 0.159 e. The van der Waals surface area contributed by atoms with Gasteiger partial charge in [0.15, 0.2) is 5.58 Å². The first kappa shape index (κ1) is 29.8. The van der Waals surface area contributed by atoms with Crippen molar-refractivity contribution in [3.05, 3.63) is 199 Å². The third-order valence-corrected chi connectivity index (χ3v) is 11.4. The number of furan rings is 2. The SMILES string of the molecule is CC1(c2cccc3c2oc2c(N(c4ccc(-c5ccccc5)cc4)c4ccc5c(c4)oc4ccccc45)cccc23)c2ccccc2-c2ccccc21. The zero-order chi connectivity index (χ0) is 35.1. The molecule has 1 aliphatic carbocycles. The Kier molecular flexibility index (Phi) is 6.38. The molecule has 0 radical (unpaired) electrons. The van der Waals surface area contributed by atoms with Crippen molar-refractivity contribution in [2.75, 3.05) is 4.90 Å². The standard InChI is InChI=1S/C50H33NO2/c1-50(42-20-8-5-15-36(42)37-16-6-9-21-43(37)50)44-22-11-18-40-41-19-12-23-45(49(41)53-48(40)44)51(34-27-25-33(26-28-34)32-13-3-2-4-14-32)35-29-30-39-38-17-7-10-24-46(38)52-47(39)31-35/h2-31H,1H3. The maximum absolute atomic E-state index is 7.21. The molecular formula is C50H33NO2. The third-order valence-electron chi connectivity index (χ3n) is 11.4. The first-order chi connectivity index (χ1) is 26.2. The van der Waals surface area contributed by atoms with Crippen LogP contribution in [0, 0.1) is 0 Å². The molecule has 0 saturated heterocycles. The number of anilines is 3. The maximum atomic E-state index is 7.21. The van der Waals surface area contributed by atoms with Crippen LogP contribution < -0.4 is 4.90 Å². The zero-order valence-corrected chi connectivity index (χ0v) is 29.1. The number of fused-ring (bicyclic) bond motifs is 9. The summed E-state index contributed by atoms with van der Waals surface area (Å²) in [4.78, 5) is 2.30. The Hall–Kier alpha value is -6.84. The Morgan fingerprint density at radius 1 is 0.396 bits per heavy atom. The molecule has 0 saturated carbocycles. The molecule has 0 spiro atoms. The van der Waals surface area contributed by atoms with E-state index in [-0.39, 0.29) is 5.41 Å². The smallest absolute Gasteiger partial charge is 0.159 e. The normalized spacial score (nSPS) is 13.2. The lowest BCUT2D eigenvalue weighted by Crippen LogP contribution is -2.22. The molecule has 0 aliphatic heterocycles. The van der Waals surface area contributed by atoms with Gasteiger partial charge < -0.3 is 13.7 Å². The van der Waals surface area contributed by atoms with Crippen LogP contribution >= 0.6 is 0 Å². The monoisotopic (exact) mass is 679 g/mol. The summed E-state index contributed by atoms with van der Waals surface area (Å²) in [5.74, 6) is 0. The number of benzene rings is 8. The molecule has 10 aromatic rings. The fourth-order valence-corrected chi connectivity index (χ4v) is 8.83. The lowest BCUT2D eigenvalue weighted by atomic mass is 9.74. The second-order valence-corrected chi connectivity index (χ2v) is 14.2. The van der Waals surface area contributed by atoms with Crippen LogP contribution in [-0.4, -0.2) is 0 Å².